The Morgan fingerprint density at radius 1 is 1.06 bits per heavy atom. The molecule has 0 saturated heterocycles. The molecule has 2 aromatic carbocycles. The number of nitrogens with one attached hydrogen (secondary N) is 1. The van der Waals surface area contributed by atoms with E-state index < -0.39 is 0 Å². The maximum Gasteiger partial charge on any atom is 0.0992 e. The third-order valence-electron chi connectivity index (χ3n) is 2.75. The second-order valence-corrected chi connectivity index (χ2v) is 4.66. The molecule has 0 unspecified atom stereocenters. The normalized spacial score (nSPS) is 9.89. The lowest BCUT2D eigenvalue weighted by molar-refractivity contribution is 1.37. The van der Waals surface area contributed by atoms with Crippen molar-refractivity contribution in [3.63, 3.8) is 0 Å². The zero-order valence-electron chi connectivity index (χ0n) is 10.3. The summed E-state index contributed by atoms with van der Waals surface area (Å²) < 4.78 is 0. The maximum atomic E-state index is 8.79. The van der Waals surface area contributed by atoms with Crippen LogP contribution in [-0.2, 0) is 0 Å². The quantitative estimate of drug-likeness (QED) is 0.854. The van der Waals surface area contributed by atoms with Gasteiger partial charge in [-0.3, -0.25) is 0 Å². The second kappa shape index (κ2) is 5.12. The van der Waals surface area contributed by atoms with E-state index >= 15 is 0 Å². The molecule has 0 atom stereocenters. The molecule has 0 aliphatic rings. The van der Waals surface area contributed by atoms with Gasteiger partial charge in [-0.15, -0.1) is 0 Å². The minimum absolute atomic E-state index is 0.550. The molecule has 90 valence electrons. The lowest BCUT2D eigenvalue weighted by Gasteiger charge is -2.11. The van der Waals surface area contributed by atoms with E-state index in [9.17, 15) is 0 Å². The Morgan fingerprint density at radius 2 is 1.78 bits per heavy atom. The van der Waals surface area contributed by atoms with Crippen LogP contribution in [0.25, 0.3) is 0 Å². The third kappa shape index (κ3) is 2.64. The number of nitriles is 1. The van der Waals surface area contributed by atoms with Crippen molar-refractivity contribution in [2.24, 2.45) is 0 Å². The summed E-state index contributed by atoms with van der Waals surface area (Å²) in [6, 6.07) is 13.5. The molecule has 0 radical (unpaired) electrons. The zero-order chi connectivity index (χ0) is 13.1. The largest absolute Gasteiger partial charge is 0.354 e. The lowest BCUT2D eigenvalue weighted by atomic mass is 10.1. The molecule has 0 heterocycles. The van der Waals surface area contributed by atoms with Crippen molar-refractivity contribution >= 4 is 23.0 Å². The average Bonchev–Trinajstić information content (AvgIpc) is 2.34. The molecule has 0 aliphatic heterocycles. The van der Waals surface area contributed by atoms with Gasteiger partial charge in [-0.2, -0.15) is 5.26 Å². The molecule has 0 fully saturated rings. The molecular weight excluding hydrogens is 244 g/mol. The van der Waals surface area contributed by atoms with E-state index in [1.807, 2.05) is 25.1 Å². The monoisotopic (exact) mass is 256 g/mol. The van der Waals surface area contributed by atoms with E-state index in [1.165, 1.54) is 5.56 Å². The fourth-order valence-corrected chi connectivity index (χ4v) is 2.01. The number of rotatable bonds is 2. The summed E-state index contributed by atoms with van der Waals surface area (Å²) in [7, 11) is 0. The van der Waals surface area contributed by atoms with Crippen LogP contribution in [0, 0.1) is 25.2 Å². The number of anilines is 2. The minimum atomic E-state index is 0.550. The van der Waals surface area contributed by atoms with E-state index in [0.717, 1.165) is 16.9 Å². The standard InChI is InChI=1S/C15H13ClN2/c1-10-3-5-14(11(2)7-10)18-15-6-4-12(9-17)8-13(15)16/h3-8,18H,1-2H3. The number of nitrogens with zero attached hydrogens (tertiary/aromatic N) is 1. The molecular formula is C15H13ClN2. The van der Waals surface area contributed by atoms with Crippen LogP contribution in [0.4, 0.5) is 11.4 Å². The molecule has 0 aliphatic carbocycles. The van der Waals surface area contributed by atoms with E-state index in [0.29, 0.717) is 10.6 Å². The predicted molar refractivity (Wildman–Crippen MR) is 75.4 cm³/mol. The average molecular weight is 257 g/mol. The molecule has 0 aromatic heterocycles. The Kier molecular flexibility index (Phi) is 3.55. The van der Waals surface area contributed by atoms with Gasteiger partial charge in [-0.1, -0.05) is 29.3 Å². The van der Waals surface area contributed by atoms with Gasteiger partial charge in [0.25, 0.3) is 0 Å². The summed E-state index contributed by atoms with van der Waals surface area (Å²) in [6.45, 7) is 4.11. The summed E-state index contributed by atoms with van der Waals surface area (Å²) in [4.78, 5) is 0. The van der Waals surface area contributed by atoms with Crippen LogP contribution in [0.15, 0.2) is 36.4 Å². The Balaban J connectivity index is 2.32. The van der Waals surface area contributed by atoms with Gasteiger partial charge < -0.3 is 5.32 Å². The first-order valence-corrected chi connectivity index (χ1v) is 6.02. The zero-order valence-corrected chi connectivity index (χ0v) is 11.0. The molecule has 0 amide bonds. The third-order valence-corrected chi connectivity index (χ3v) is 3.06. The first kappa shape index (κ1) is 12.5. The molecule has 18 heavy (non-hydrogen) atoms. The number of hydrogen-bond donors (Lipinski definition) is 1. The highest BCUT2D eigenvalue weighted by atomic mass is 35.5. The summed E-state index contributed by atoms with van der Waals surface area (Å²) in [5.74, 6) is 0. The fourth-order valence-electron chi connectivity index (χ4n) is 1.78. The molecule has 3 heteroatoms. The van der Waals surface area contributed by atoms with E-state index in [1.54, 1.807) is 12.1 Å². The Labute approximate surface area is 112 Å². The first-order valence-electron chi connectivity index (χ1n) is 5.64. The highest BCUT2D eigenvalue weighted by Gasteiger charge is 2.04. The second-order valence-electron chi connectivity index (χ2n) is 4.25. The lowest BCUT2D eigenvalue weighted by Crippen LogP contribution is -1.94. The van der Waals surface area contributed by atoms with Gasteiger partial charge in [0.1, 0.15) is 0 Å². The Hall–Kier alpha value is -1.98. The fraction of sp³-hybridized carbons (Fsp3) is 0.133. The van der Waals surface area contributed by atoms with E-state index in [4.69, 9.17) is 16.9 Å². The van der Waals surface area contributed by atoms with Gasteiger partial charge in [0.2, 0.25) is 0 Å². The van der Waals surface area contributed by atoms with Crippen LogP contribution in [0.2, 0.25) is 5.02 Å². The topological polar surface area (TPSA) is 35.8 Å². The van der Waals surface area contributed by atoms with Crippen molar-refractivity contribution in [2.45, 2.75) is 13.8 Å². The van der Waals surface area contributed by atoms with Gasteiger partial charge in [-0.25, -0.2) is 0 Å². The van der Waals surface area contributed by atoms with Crippen molar-refractivity contribution < 1.29 is 0 Å². The van der Waals surface area contributed by atoms with E-state index in [2.05, 4.69) is 24.4 Å². The van der Waals surface area contributed by atoms with Crippen LogP contribution >= 0.6 is 11.6 Å². The number of hydrogen-bond acceptors (Lipinski definition) is 2. The molecule has 2 aromatic rings. The number of halogens is 1. The van der Waals surface area contributed by atoms with Gasteiger partial charge in [0.15, 0.2) is 0 Å². The first-order chi connectivity index (χ1) is 8.60. The smallest absolute Gasteiger partial charge is 0.0992 e. The molecule has 2 nitrogen and oxygen atoms in total. The summed E-state index contributed by atoms with van der Waals surface area (Å²) in [5, 5.41) is 12.6. The predicted octanol–water partition coefficient (Wildman–Crippen LogP) is 4.57. The molecule has 1 N–H and O–H groups in total. The van der Waals surface area contributed by atoms with Crippen LogP contribution in [0.1, 0.15) is 16.7 Å². The van der Waals surface area contributed by atoms with Crippen LogP contribution < -0.4 is 5.32 Å². The SMILES string of the molecule is Cc1ccc(Nc2ccc(C#N)cc2Cl)c(C)c1. The van der Waals surface area contributed by atoms with Crippen molar-refractivity contribution in [1.29, 1.82) is 5.26 Å². The van der Waals surface area contributed by atoms with Gasteiger partial charge in [-0.05, 0) is 43.7 Å². The van der Waals surface area contributed by atoms with Gasteiger partial charge in [0.05, 0.1) is 22.3 Å². The van der Waals surface area contributed by atoms with E-state index in [-0.39, 0.29) is 0 Å². The van der Waals surface area contributed by atoms with Crippen molar-refractivity contribution in [1.82, 2.24) is 0 Å². The summed E-state index contributed by atoms with van der Waals surface area (Å²) in [6.07, 6.45) is 0. The Morgan fingerprint density at radius 3 is 2.39 bits per heavy atom. The molecule has 0 bridgehead atoms. The van der Waals surface area contributed by atoms with Crippen molar-refractivity contribution in [2.75, 3.05) is 5.32 Å². The van der Waals surface area contributed by atoms with Crippen LogP contribution in [0.5, 0.6) is 0 Å². The van der Waals surface area contributed by atoms with Crippen LogP contribution in [-0.4, -0.2) is 0 Å². The van der Waals surface area contributed by atoms with Crippen LogP contribution in [0.3, 0.4) is 0 Å². The van der Waals surface area contributed by atoms with Crippen molar-refractivity contribution in [3.05, 3.63) is 58.1 Å². The van der Waals surface area contributed by atoms with Gasteiger partial charge in [0, 0.05) is 5.69 Å². The highest BCUT2D eigenvalue weighted by molar-refractivity contribution is 6.33. The molecule has 0 saturated carbocycles. The highest BCUT2D eigenvalue weighted by Crippen LogP contribution is 2.28. The minimum Gasteiger partial charge on any atom is -0.354 e. The molecule has 2 rings (SSSR count). The summed E-state index contributed by atoms with van der Waals surface area (Å²) >= 11 is 6.13. The number of aryl methyl sites for hydroxylation is 2. The Bertz CT molecular complexity index is 627. The maximum absolute atomic E-state index is 8.79. The molecule has 0 spiro atoms. The van der Waals surface area contributed by atoms with Gasteiger partial charge >= 0.3 is 0 Å². The summed E-state index contributed by atoms with van der Waals surface area (Å²) in [5.41, 5.74) is 4.78. The van der Waals surface area contributed by atoms with Crippen molar-refractivity contribution in [3.8, 4) is 6.07 Å². The number of benzene rings is 2.